The topological polar surface area (TPSA) is 78.3 Å². The maximum Gasteiger partial charge on any atom is 0.220 e. The van der Waals surface area contributed by atoms with Crippen LogP contribution in [0.2, 0.25) is 5.02 Å². The van der Waals surface area contributed by atoms with Gasteiger partial charge < -0.3 is 14.8 Å². The van der Waals surface area contributed by atoms with Gasteiger partial charge in [-0.15, -0.1) is 5.10 Å². The first-order chi connectivity index (χ1) is 17.0. The number of unbranched alkanes of at least 4 members (excludes halogenated alkanes) is 2. The lowest BCUT2D eigenvalue weighted by molar-refractivity contribution is -0.121. The van der Waals surface area contributed by atoms with Crippen LogP contribution >= 0.6 is 11.6 Å². The van der Waals surface area contributed by atoms with E-state index in [2.05, 4.69) is 41.6 Å². The number of aromatic nitrogens is 3. The fourth-order valence-electron chi connectivity index (χ4n) is 3.42. The first-order valence-corrected chi connectivity index (χ1v) is 12.2. The fourth-order valence-corrected chi connectivity index (χ4v) is 3.64. The second-order valence-electron chi connectivity index (χ2n) is 8.57. The summed E-state index contributed by atoms with van der Waals surface area (Å²) in [6.45, 7) is 4.98. The molecule has 0 atom stereocenters. The van der Waals surface area contributed by atoms with Crippen LogP contribution in [0.1, 0.15) is 50.8 Å². The van der Waals surface area contributed by atoms with Crippen molar-refractivity contribution in [3.63, 3.8) is 0 Å². The van der Waals surface area contributed by atoms with E-state index in [0.29, 0.717) is 41.1 Å². The highest BCUT2D eigenvalue weighted by atomic mass is 35.5. The molecule has 0 radical (unpaired) electrons. The number of ether oxygens (including phenoxy) is 2. The molecule has 3 aromatic rings. The molecule has 0 spiro atoms. The number of nitrogens with zero attached hydrogens (tertiary/aromatic N) is 3. The number of methoxy groups -OCH3 is 1. The number of halogens is 1. The molecule has 0 saturated heterocycles. The van der Waals surface area contributed by atoms with E-state index in [0.717, 1.165) is 30.5 Å². The molecule has 0 unspecified atom stereocenters. The average Bonchev–Trinajstić information content (AvgIpc) is 3.32. The van der Waals surface area contributed by atoms with Crippen molar-refractivity contribution in [1.29, 1.82) is 0 Å². The van der Waals surface area contributed by atoms with E-state index in [1.54, 1.807) is 24.1 Å². The Bertz CT molecular complexity index is 1130. The smallest absolute Gasteiger partial charge is 0.220 e. The Kier molecular flexibility index (Phi) is 10.2. The van der Waals surface area contributed by atoms with Crippen molar-refractivity contribution < 1.29 is 14.3 Å². The third kappa shape index (κ3) is 8.44. The molecule has 0 fully saturated rings. The lowest BCUT2D eigenvalue weighted by Crippen LogP contribution is -2.22. The van der Waals surface area contributed by atoms with E-state index in [-0.39, 0.29) is 12.5 Å². The minimum atomic E-state index is 0.0544. The minimum absolute atomic E-state index is 0.0544. The molecule has 1 heterocycles. The minimum Gasteiger partial charge on any atom is -0.493 e. The van der Waals surface area contributed by atoms with Crippen molar-refractivity contribution in [3.8, 4) is 17.2 Å². The summed E-state index contributed by atoms with van der Waals surface area (Å²) in [6, 6.07) is 13.0. The molecule has 0 aliphatic carbocycles. The molecule has 0 saturated carbocycles. The Morgan fingerprint density at radius 3 is 2.77 bits per heavy atom. The second-order valence-corrected chi connectivity index (χ2v) is 8.98. The third-order valence-electron chi connectivity index (χ3n) is 5.28. The highest BCUT2D eigenvalue weighted by Gasteiger charge is 2.10. The van der Waals surface area contributed by atoms with E-state index >= 15 is 0 Å². The number of rotatable bonds is 13. The molecule has 1 N–H and O–H groups in total. The number of hydrogen-bond acceptors (Lipinski definition) is 5. The summed E-state index contributed by atoms with van der Waals surface area (Å²) in [5.41, 5.74) is 2.34. The third-order valence-corrected chi connectivity index (χ3v) is 5.60. The lowest BCUT2D eigenvalue weighted by atomic mass is 10.1. The predicted molar refractivity (Wildman–Crippen MR) is 138 cm³/mol. The van der Waals surface area contributed by atoms with Crippen LogP contribution in [0, 0.1) is 5.92 Å². The SMILES string of the molecule is COc1cc(CNC(=O)CCCC/C=C/C(C)C)ccc1OCc1cn(-c2ccccc2Cl)nn1. The maximum absolute atomic E-state index is 12.2. The van der Waals surface area contributed by atoms with Crippen molar-refractivity contribution in [2.45, 2.75) is 52.7 Å². The normalized spacial score (nSPS) is 11.2. The Labute approximate surface area is 212 Å². The fraction of sp³-hybridized carbons (Fsp3) is 0.370. The molecule has 8 heteroatoms. The molecule has 1 aromatic heterocycles. The zero-order chi connectivity index (χ0) is 25.0. The van der Waals surface area contributed by atoms with E-state index in [1.807, 2.05) is 36.4 Å². The monoisotopic (exact) mass is 496 g/mol. The highest BCUT2D eigenvalue weighted by molar-refractivity contribution is 6.32. The number of allylic oxidation sites excluding steroid dienone is 2. The van der Waals surface area contributed by atoms with Crippen molar-refractivity contribution in [3.05, 3.63) is 77.1 Å². The number of nitrogens with one attached hydrogen (secondary N) is 1. The molecule has 0 aliphatic rings. The van der Waals surface area contributed by atoms with Crippen molar-refractivity contribution >= 4 is 17.5 Å². The molecule has 7 nitrogen and oxygen atoms in total. The van der Waals surface area contributed by atoms with Gasteiger partial charge in [0.2, 0.25) is 5.91 Å². The molecule has 35 heavy (non-hydrogen) atoms. The Balaban J connectivity index is 1.47. The van der Waals surface area contributed by atoms with Crippen LogP contribution in [0.3, 0.4) is 0 Å². The highest BCUT2D eigenvalue weighted by Crippen LogP contribution is 2.29. The molecular formula is C27H33ClN4O3. The predicted octanol–water partition coefficient (Wildman–Crippen LogP) is 5.90. The molecule has 1 amide bonds. The second kappa shape index (κ2) is 13.5. The van der Waals surface area contributed by atoms with E-state index in [9.17, 15) is 4.79 Å². The number of carbonyl (C=O) groups excluding carboxylic acids is 1. The standard InChI is InChI=1S/C27H33ClN4O3/c1-20(2)10-6-4-5-7-13-27(33)29-17-21-14-15-25(26(16-21)34-3)35-19-22-18-32(31-30-22)24-12-9-8-11-23(24)28/h6,8-12,14-16,18,20H,4-5,7,13,17,19H2,1-3H3,(H,29,33)/b10-6+. The van der Waals surface area contributed by atoms with Crippen LogP contribution in [-0.2, 0) is 17.9 Å². The zero-order valence-electron chi connectivity index (χ0n) is 20.5. The quantitative estimate of drug-likeness (QED) is 0.235. The number of benzene rings is 2. The maximum atomic E-state index is 12.2. The van der Waals surface area contributed by atoms with Crippen LogP contribution in [0.5, 0.6) is 11.5 Å². The first kappa shape index (κ1) is 26.3. The number of para-hydroxylation sites is 1. The van der Waals surface area contributed by atoms with Gasteiger partial charge in [-0.3, -0.25) is 4.79 Å². The van der Waals surface area contributed by atoms with Gasteiger partial charge in [-0.25, -0.2) is 4.68 Å². The van der Waals surface area contributed by atoms with Crippen molar-refractivity contribution in [2.75, 3.05) is 7.11 Å². The molecular weight excluding hydrogens is 464 g/mol. The largest absolute Gasteiger partial charge is 0.493 e. The van der Waals surface area contributed by atoms with Crippen LogP contribution in [0.25, 0.3) is 5.69 Å². The Hall–Kier alpha value is -3.32. The summed E-state index contributed by atoms with van der Waals surface area (Å²) in [5, 5.41) is 11.8. The molecule has 186 valence electrons. The van der Waals surface area contributed by atoms with E-state index in [1.165, 1.54) is 0 Å². The van der Waals surface area contributed by atoms with Gasteiger partial charge in [0.1, 0.15) is 12.3 Å². The summed E-state index contributed by atoms with van der Waals surface area (Å²) < 4.78 is 13.0. The summed E-state index contributed by atoms with van der Waals surface area (Å²) in [4.78, 5) is 12.2. The summed E-state index contributed by atoms with van der Waals surface area (Å²) in [7, 11) is 1.59. The average molecular weight is 497 g/mol. The number of hydrogen-bond donors (Lipinski definition) is 1. The van der Waals surface area contributed by atoms with Crippen LogP contribution in [0.15, 0.2) is 60.8 Å². The van der Waals surface area contributed by atoms with E-state index in [4.69, 9.17) is 21.1 Å². The number of carbonyl (C=O) groups is 1. The van der Waals surface area contributed by atoms with Crippen molar-refractivity contribution in [1.82, 2.24) is 20.3 Å². The van der Waals surface area contributed by atoms with Crippen LogP contribution < -0.4 is 14.8 Å². The van der Waals surface area contributed by atoms with Crippen molar-refractivity contribution in [2.24, 2.45) is 5.92 Å². The summed E-state index contributed by atoms with van der Waals surface area (Å²) in [5.74, 6) is 1.80. The summed E-state index contributed by atoms with van der Waals surface area (Å²) in [6.07, 6.45) is 9.61. The first-order valence-electron chi connectivity index (χ1n) is 11.9. The van der Waals surface area contributed by atoms with Gasteiger partial charge in [-0.2, -0.15) is 0 Å². The van der Waals surface area contributed by atoms with Gasteiger partial charge in [-0.1, -0.05) is 61.0 Å². The van der Waals surface area contributed by atoms with Gasteiger partial charge in [0.05, 0.1) is 24.0 Å². The van der Waals surface area contributed by atoms with Crippen LogP contribution in [0.4, 0.5) is 0 Å². The Morgan fingerprint density at radius 1 is 1.17 bits per heavy atom. The molecule has 3 rings (SSSR count). The van der Waals surface area contributed by atoms with Gasteiger partial charge in [0.15, 0.2) is 11.5 Å². The van der Waals surface area contributed by atoms with Gasteiger partial charge in [0, 0.05) is 13.0 Å². The molecule has 0 aliphatic heterocycles. The Morgan fingerprint density at radius 2 is 2.00 bits per heavy atom. The summed E-state index contributed by atoms with van der Waals surface area (Å²) >= 11 is 6.23. The van der Waals surface area contributed by atoms with Crippen LogP contribution in [-0.4, -0.2) is 28.0 Å². The van der Waals surface area contributed by atoms with Gasteiger partial charge >= 0.3 is 0 Å². The van der Waals surface area contributed by atoms with Gasteiger partial charge in [-0.05, 0) is 55.0 Å². The number of amides is 1. The molecule has 0 bridgehead atoms. The van der Waals surface area contributed by atoms with E-state index < -0.39 is 0 Å². The zero-order valence-corrected chi connectivity index (χ0v) is 21.3. The molecule has 2 aromatic carbocycles. The lowest BCUT2D eigenvalue weighted by Gasteiger charge is -2.12. The van der Waals surface area contributed by atoms with Gasteiger partial charge in [0.25, 0.3) is 0 Å².